The molecule has 1 fully saturated rings. The number of alkyl carbamates (subject to hydrolysis) is 1. The molecule has 0 saturated carbocycles. The van der Waals surface area contributed by atoms with Crippen LogP contribution in [0.5, 0.6) is 0 Å². The van der Waals surface area contributed by atoms with Gasteiger partial charge in [0.05, 0.1) is 12.6 Å². The molecule has 0 aromatic heterocycles. The summed E-state index contributed by atoms with van der Waals surface area (Å²) in [6.45, 7) is 25.1. The fraction of sp³-hybridized carbons (Fsp3) is 0.778. The van der Waals surface area contributed by atoms with E-state index in [0.29, 0.717) is 19.6 Å². The summed E-state index contributed by atoms with van der Waals surface area (Å²) in [6, 6.07) is -0.500. The van der Waals surface area contributed by atoms with Crippen LogP contribution in [0.15, 0.2) is 0 Å². The Morgan fingerprint density at radius 2 is 1.42 bits per heavy atom. The number of hydrogen-bond acceptors (Lipinski definition) is 6. The molecule has 1 saturated heterocycles. The zero-order chi connectivity index (χ0) is 28.3. The fourth-order valence-electron chi connectivity index (χ4n) is 3.26. The van der Waals surface area contributed by atoms with Crippen LogP contribution in [0.3, 0.4) is 0 Å². The summed E-state index contributed by atoms with van der Waals surface area (Å²) >= 11 is 0. The highest BCUT2D eigenvalue weighted by molar-refractivity contribution is 6.48. The van der Waals surface area contributed by atoms with Crippen molar-refractivity contribution in [1.29, 1.82) is 0 Å². The summed E-state index contributed by atoms with van der Waals surface area (Å²) in [7, 11) is -1.27. The molecule has 8 nitrogen and oxygen atoms in total. The molecular weight excluding hydrogens is 474 g/mol. The summed E-state index contributed by atoms with van der Waals surface area (Å²) in [4.78, 5) is 27.5. The lowest BCUT2D eigenvalue weighted by Gasteiger charge is -2.36. The van der Waals surface area contributed by atoms with Crippen molar-refractivity contribution >= 4 is 21.2 Å². The van der Waals surface area contributed by atoms with Crippen LogP contribution in [-0.2, 0) is 13.9 Å². The topological polar surface area (TPSA) is 80.3 Å². The van der Waals surface area contributed by atoms with Crippen LogP contribution in [0.1, 0.15) is 62.3 Å². The first kappa shape index (κ1) is 33.8. The van der Waals surface area contributed by atoms with Gasteiger partial charge in [-0.25, -0.2) is 9.59 Å². The molecule has 2 unspecified atom stereocenters. The highest BCUT2D eigenvalue weighted by Crippen LogP contribution is 2.26. The highest BCUT2D eigenvalue weighted by atomic mass is 28.3. The minimum atomic E-state index is -1.27. The molecule has 0 aromatic rings. The predicted molar refractivity (Wildman–Crippen MR) is 148 cm³/mol. The van der Waals surface area contributed by atoms with Crippen LogP contribution in [0.2, 0.25) is 13.1 Å². The summed E-state index contributed by atoms with van der Waals surface area (Å²) in [5.41, 5.74) is -1.13. The molecule has 2 atom stereocenters. The van der Waals surface area contributed by atoms with Crippen molar-refractivity contribution in [2.45, 2.75) is 98.8 Å². The number of terminal acetylenes is 2. The first-order valence-corrected chi connectivity index (χ1v) is 15.3. The average molecular weight is 524 g/mol. The molecule has 0 radical (unpaired) electrons. The monoisotopic (exact) mass is 523 g/mol. The summed E-state index contributed by atoms with van der Waals surface area (Å²) < 4.78 is 16.6. The van der Waals surface area contributed by atoms with E-state index < -0.39 is 32.4 Å². The highest BCUT2D eigenvalue weighted by Gasteiger charge is 2.34. The van der Waals surface area contributed by atoms with Gasteiger partial charge >= 0.3 is 12.2 Å². The Labute approximate surface area is 221 Å². The van der Waals surface area contributed by atoms with Crippen molar-refractivity contribution in [2.75, 3.05) is 32.7 Å². The molecule has 0 bridgehead atoms. The van der Waals surface area contributed by atoms with Gasteiger partial charge in [0.25, 0.3) is 0 Å². The number of ether oxygens (including phenoxy) is 2. The first-order valence-electron chi connectivity index (χ1n) is 12.5. The molecule has 0 aliphatic carbocycles. The third-order valence-corrected chi connectivity index (χ3v) is 5.60. The van der Waals surface area contributed by atoms with Gasteiger partial charge in [-0.15, -0.1) is 12.8 Å². The Bertz CT molecular complexity index is 774. The third kappa shape index (κ3) is 15.0. The minimum Gasteiger partial charge on any atom is -0.444 e. The number of nitrogens with zero attached hydrogens (tertiary/aromatic N) is 2. The van der Waals surface area contributed by atoms with E-state index in [1.807, 2.05) is 41.5 Å². The standard InChI is InChI=1S/C15H29NO3Si.C12H20N2O2/c1-10-11(16-13(17)18-15(5,6)7)12(14(2,3)4)19-20(8)9;1-5-6-13-7-9-14(10-8-13)11(15)16-12(2,3)4/h1,11-12,20H,2-9H3,(H,16,17);1H,6-10H2,2-4H3. The van der Waals surface area contributed by atoms with E-state index in [1.165, 1.54) is 0 Å². The molecule has 1 heterocycles. The Morgan fingerprint density at radius 3 is 1.78 bits per heavy atom. The Hall–Kier alpha value is -2.20. The molecule has 1 aliphatic rings. The normalized spacial score (nSPS) is 16.6. The van der Waals surface area contributed by atoms with E-state index in [0.717, 1.165) is 13.1 Å². The lowest BCUT2D eigenvalue weighted by atomic mass is 9.85. The molecule has 1 aliphatic heterocycles. The van der Waals surface area contributed by atoms with Crippen molar-refractivity contribution in [2.24, 2.45) is 5.41 Å². The van der Waals surface area contributed by atoms with E-state index in [-0.39, 0.29) is 17.6 Å². The van der Waals surface area contributed by atoms with Gasteiger partial charge in [-0.1, -0.05) is 32.6 Å². The van der Waals surface area contributed by atoms with Gasteiger partial charge < -0.3 is 24.1 Å². The quantitative estimate of drug-likeness (QED) is 0.432. The molecule has 36 heavy (non-hydrogen) atoms. The number of hydrogen-bond donors (Lipinski definition) is 1. The molecule has 0 spiro atoms. The van der Waals surface area contributed by atoms with Crippen molar-refractivity contribution in [3.05, 3.63) is 0 Å². The largest absolute Gasteiger partial charge is 0.444 e. The van der Waals surface area contributed by atoms with Crippen LogP contribution in [0.4, 0.5) is 9.59 Å². The van der Waals surface area contributed by atoms with Crippen molar-refractivity contribution in [3.63, 3.8) is 0 Å². The number of carbonyl (C=O) groups is 2. The van der Waals surface area contributed by atoms with Crippen LogP contribution >= 0.6 is 0 Å². The van der Waals surface area contributed by atoms with Gasteiger partial charge in [0.15, 0.2) is 9.04 Å². The first-order chi connectivity index (χ1) is 16.3. The second-order valence-corrected chi connectivity index (χ2v) is 14.6. The molecular formula is C27H49N3O5Si. The van der Waals surface area contributed by atoms with E-state index in [9.17, 15) is 9.59 Å². The van der Waals surface area contributed by atoms with E-state index >= 15 is 0 Å². The third-order valence-electron chi connectivity index (χ3n) is 4.77. The SMILES string of the molecule is C#CC(NC(=O)OC(C)(C)C)C(O[SiH](C)C)C(C)(C)C.C#CCN1CCN(C(=O)OC(C)(C)C)CC1. The van der Waals surface area contributed by atoms with E-state index in [1.54, 1.807) is 4.90 Å². The zero-order valence-electron chi connectivity index (χ0n) is 24.4. The smallest absolute Gasteiger partial charge is 0.410 e. The van der Waals surface area contributed by atoms with Crippen molar-refractivity contribution < 1.29 is 23.5 Å². The van der Waals surface area contributed by atoms with E-state index in [4.69, 9.17) is 26.7 Å². The maximum Gasteiger partial charge on any atom is 0.410 e. The molecule has 1 N–H and O–H groups in total. The Morgan fingerprint density at radius 1 is 0.917 bits per heavy atom. The predicted octanol–water partition coefficient (Wildman–Crippen LogP) is 4.10. The lowest BCUT2D eigenvalue weighted by molar-refractivity contribution is 0.0155. The lowest BCUT2D eigenvalue weighted by Crippen LogP contribution is -2.51. The Kier molecular flexibility index (Phi) is 13.6. The molecule has 1 rings (SSSR count). The van der Waals surface area contributed by atoms with Gasteiger partial charge in [-0.05, 0) is 60.1 Å². The summed E-state index contributed by atoms with van der Waals surface area (Å²) in [5.74, 6) is 5.23. The maximum absolute atomic E-state index is 11.9. The maximum atomic E-state index is 11.9. The van der Waals surface area contributed by atoms with Gasteiger partial charge in [0.1, 0.15) is 17.2 Å². The van der Waals surface area contributed by atoms with Crippen molar-refractivity contribution in [1.82, 2.24) is 15.1 Å². The molecule has 0 aromatic carbocycles. The van der Waals surface area contributed by atoms with Gasteiger partial charge in [-0.3, -0.25) is 4.90 Å². The van der Waals surface area contributed by atoms with Gasteiger partial charge in [-0.2, -0.15) is 0 Å². The summed E-state index contributed by atoms with van der Waals surface area (Å²) in [5, 5.41) is 2.74. The van der Waals surface area contributed by atoms with Gasteiger partial charge in [0.2, 0.25) is 0 Å². The minimum absolute atomic E-state index is 0.163. The van der Waals surface area contributed by atoms with Gasteiger partial charge in [0, 0.05) is 26.2 Å². The van der Waals surface area contributed by atoms with Crippen LogP contribution in [0.25, 0.3) is 0 Å². The molecule has 2 amide bonds. The summed E-state index contributed by atoms with van der Waals surface area (Å²) in [6.07, 6.45) is 9.84. The zero-order valence-corrected chi connectivity index (χ0v) is 25.5. The molecule has 206 valence electrons. The second-order valence-electron chi connectivity index (χ2n) is 12.2. The number of amides is 2. The second kappa shape index (κ2) is 14.5. The number of piperazine rings is 1. The fourth-order valence-corrected chi connectivity index (χ4v) is 4.41. The number of rotatable bonds is 5. The molecule has 9 heteroatoms. The van der Waals surface area contributed by atoms with Crippen LogP contribution < -0.4 is 5.32 Å². The Balaban J connectivity index is 0.000000696. The van der Waals surface area contributed by atoms with Crippen LogP contribution in [0, 0.1) is 30.1 Å². The number of carbonyl (C=O) groups excluding carboxylic acids is 2. The van der Waals surface area contributed by atoms with Crippen LogP contribution in [-0.4, -0.2) is 87.1 Å². The van der Waals surface area contributed by atoms with Crippen molar-refractivity contribution in [3.8, 4) is 24.7 Å². The number of nitrogens with one attached hydrogen (secondary N) is 1. The average Bonchev–Trinajstić information content (AvgIpc) is 2.68. The van der Waals surface area contributed by atoms with E-state index in [2.05, 4.69) is 55.9 Å².